The molecule has 0 aromatic heterocycles. The number of likely N-dealkylation sites (tertiary alicyclic amines) is 1. The molecule has 1 aromatic carbocycles. The molecule has 116 valence electrons. The molecule has 21 heavy (non-hydrogen) atoms. The molecule has 1 saturated heterocycles. The molecule has 1 N–H and O–H groups in total. The van der Waals surface area contributed by atoms with Crippen LogP contribution in [0.1, 0.15) is 42.1 Å². The third-order valence-corrected chi connectivity index (χ3v) is 4.47. The minimum absolute atomic E-state index is 0.00534. The molecular formula is C17H25ClN2O. The Balaban J connectivity index is 1.67. The molecule has 0 aliphatic carbocycles. The average molecular weight is 309 g/mol. The molecular weight excluding hydrogens is 284 g/mol. The van der Waals surface area contributed by atoms with Crippen LogP contribution in [0.15, 0.2) is 24.3 Å². The number of benzene rings is 1. The number of nitrogens with zero attached hydrogens (tertiary/aromatic N) is 1. The normalized spacial score (nSPS) is 16.9. The lowest BCUT2D eigenvalue weighted by Gasteiger charge is -2.30. The second-order valence-electron chi connectivity index (χ2n) is 5.97. The Morgan fingerprint density at radius 1 is 1.38 bits per heavy atom. The zero-order valence-electron chi connectivity index (χ0n) is 12.8. The maximum absolute atomic E-state index is 12.0. The van der Waals surface area contributed by atoms with Gasteiger partial charge in [-0.25, -0.2) is 0 Å². The number of rotatable bonds is 6. The van der Waals surface area contributed by atoms with E-state index in [4.69, 9.17) is 11.6 Å². The van der Waals surface area contributed by atoms with Gasteiger partial charge in [0.2, 0.25) is 0 Å². The van der Waals surface area contributed by atoms with E-state index in [2.05, 4.69) is 17.1 Å². The van der Waals surface area contributed by atoms with E-state index < -0.39 is 0 Å². The van der Waals surface area contributed by atoms with Gasteiger partial charge in [0.15, 0.2) is 0 Å². The topological polar surface area (TPSA) is 32.3 Å². The van der Waals surface area contributed by atoms with E-state index in [-0.39, 0.29) is 5.91 Å². The second-order valence-corrected chi connectivity index (χ2v) is 6.23. The summed E-state index contributed by atoms with van der Waals surface area (Å²) in [5.74, 6) is 1.30. The van der Waals surface area contributed by atoms with Crippen molar-refractivity contribution in [2.45, 2.75) is 32.1 Å². The van der Waals surface area contributed by atoms with Crippen molar-refractivity contribution < 1.29 is 4.79 Å². The van der Waals surface area contributed by atoms with E-state index in [0.29, 0.717) is 11.4 Å². The number of halogens is 1. The fourth-order valence-corrected chi connectivity index (χ4v) is 2.85. The van der Waals surface area contributed by atoms with E-state index in [9.17, 15) is 4.79 Å². The van der Waals surface area contributed by atoms with Crippen LogP contribution in [-0.4, -0.2) is 37.0 Å². The van der Waals surface area contributed by atoms with Crippen LogP contribution < -0.4 is 5.32 Å². The van der Waals surface area contributed by atoms with Gasteiger partial charge in [0.25, 0.3) is 5.91 Å². The summed E-state index contributed by atoms with van der Waals surface area (Å²) >= 11 is 5.79. The summed E-state index contributed by atoms with van der Waals surface area (Å²) in [5, 5.41) is 2.99. The van der Waals surface area contributed by atoms with Gasteiger partial charge in [-0.15, -0.1) is 11.6 Å². The van der Waals surface area contributed by atoms with Crippen LogP contribution in [0.4, 0.5) is 0 Å². The third kappa shape index (κ3) is 5.33. The number of hydrogen-bond donors (Lipinski definition) is 1. The molecule has 0 spiro atoms. The molecule has 1 heterocycles. The molecule has 1 aliphatic heterocycles. The average Bonchev–Trinajstić information content (AvgIpc) is 2.53. The number of nitrogens with one attached hydrogen (secondary N) is 1. The quantitative estimate of drug-likeness (QED) is 0.646. The molecule has 3 nitrogen and oxygen atoms in total. The molecule has 0 bridgehead atoms. The van der Waals surface area contributed by atoms with E-state index in [1.165, 1.54) is 25.9 Å². The molecule has 0 radical (unpaired) electrons. The van der Waals surface area contributed by atoms with Gasteiger partial charge < -0.3 is 10.2 Å². The van der Waals surface area contributed by atoms with Crippen LogP contribution >= 0.6 is 11.6 Å². The summed E-state index contributed by atoms with van der Waals surface area (Å²) in [6.45, 7) is 6.54. The van der Waals surface area contributed by atoms with Crippen molar-refractivity contribution in [3.63, 3.8) is 0 Å². The van der Waals surface area contributed by atoms with Gasteiger partial charge in [0.1, 0.15) is 0 Å². The summed E-state index contributed by atoms with van der Waals surface area (Å²) in [4.78, 5) is 14.5. The molecule has 2 rings (SSSR count). The first-order chi connectivity index (χ1) is 10.2. The Morgan fingerprint density at radius 2 is 2.14 bits per heavy atom. The fraction of sp³-hybridized carbons (Fsp3) is 0.588. The summed E-state index contributed by atoms with van der Waals surface area (Å²) in [6.07, 6.45) is 3.62. The van der Waals surface area contributed by atoms with Crippen molar-refractivity contribution in [2.75, 3.05) is 26.2 Å². The summed E-state index contributed by atoms with van der Waals surface area (Å²) in [7, 11) is 0. The maximum Gasteiger partial charge on any atom is 0.251 e. The molecule has 0 unspecified atom stereocenters. The zero-order chi connectivity index (χ0) is 15.1. The predicted molar refractivity (Wildman–Crippen MR) is 87.8 cm³/mol. The number of alkyl halides is 1. The van der Waals surface area contributed by atoms with E-state index in [1.54, 1.807) is 0 Å². The monoisotopic (exact) mass is 308 g/mol. The fourth-order valence-electron chi connectivity index (χ4n) is 2.69. The van der Waals surface area contributed by atoms with E-state index >= 15 is 0 Å². The van der Waals surface area contributed by atoms with Crippen molar-refractivity contribution in [3.05, 3.63) is 35.4 Å². The first kappa shape index (κ1) is 16.3. The van der Waals surface area contributed by atoms with E-state index in [1.807, 2.05) is 24.3 Å². The highest BCUT2D eigenvalue weighted by molar-refractivity contribution is 6.17. The van der Waals surface area contributed by atoms with Crippen molar-refractivity contribution in [1.29, 1.82) is 0 Å². The van der Waals surface area contributed by atoms with Crippen molar-refractivity contribution in [3.8, 4) is 0 Å². The van der Waals surface area contributed by atoms with Crippen LogP contribution in [-0.2, 0) is 5.88 Å². The molecule has 0 saturated carbocycles. The Hall–Kier alpha value is -1.06. The highest BCUT2D eigenvalue weighted by atomic mass is 35.5. The maximum atomic E-state index is 12.0. The van der Waals surface area contributed by atoms with Crippen molar-refractivity contribution in [2.24, 2.45) is 5.92 Å². The van der Waals surface area contributed by atoms with Crippen LogP contribution in [0.5, 0.6) is 0 Å². The van der Waals surface area contributed by atoms with Crippen LogP contribution in [0.25, 0.3) is 0 Å². The Bertz CT molecular complexity index is 456. The lowest BCUT2D eigenvalue weighted by atomic mass is 9.99. The highest BCUT2D eigenvalue weighted by Gasteiger charge is 2.14. The van der Waals surface area contributed by atoms with Crippen molar-refractivity contribution in [1.82, 2.24) is 10.2 Å². The lowest BCUT2D eigenvalue weighted by Crippen LogP contribution is -2.35. The van der Waals surface area contributed by atoms with Gasteiger partial charge in [0.05, 0.1) is 0 Å². The standard InChI is InChI=1S/C17H25ClN2O/c1-14-6-10-20(11-7-14)9-3-8-19-17(21)16-5-2-4-15(12-16)13-18/h2,4-5,12,14H,3,6-11,13H2,1H3,(H,19,21). The number of amides is 1. The Morgan fingerprint density at radius 3 is 2.86 bits per heavy atom. The molecule has 1 amide bonds. The minimum Gasteiger partial charge on any atom is -0.352 e. The SMILES string of the molecule is CC1CCN(CCCNC(=O)c2cccc(CCl)c2)CC1. The number of piperidine rings is 1. The number of carbonyl (C=O) groups excluding carboxylic acids is 1. The van der Waals surface area contributed by atoms with E-state index in [0.717, 1.165) is 31.0 Å². The van der Waals surface area contributed by atoms with Crippen molar-refractivity contribution >= 4 is 17.5 Å². The smallest absolute Gasteiger partial charge is 0.251 e. The van der Waals surface area contributed by atoms with Gasteiger partial charge in [-0.3, -0.25) is 4.79 Å². The predicted octanol–water partition coefficient (Wildman–Crippen LogP) is 3.28. The van der Waals surface area contributed by atoms with Crippen LogP contribution in [0.2, 0.25) is 0 Å². The molecule has 1 aromatic rings. The summed E-state index contributed by atoms with van der Waals surface area (Å²) in [5.41, 5.74) is 1.67. The molecule has 0 atom stereocenters. The van der Waals surface area contributed by atoms with Gasteiger partial charge in [-0.2, -0.15) is 0 Å². The van der Waals surface area contributed by atoms with Gasteiger partial charge in [-0.1, -0.05) is 19.1 Å². The second kappa shape index (κ2) is 8.40. The lowest BCUT2D eigenvalue weighted by molar-refractivity contribution is 0.0950. The minimum atomic E-state index is -0.00534. The molecule has 4 heteroatoms. The van der Waals surface area contributed by atoms with Gasteiger partial charge >= 0.3 is 0 Å². The van der Waals surface area contributed by atoms with Gasteiger partial charge in [0, 0.05) is 18.0 Å². The molecule has 1 fully saturated rings. The van der Waals surface area contributed by atoms with Crippen LogP contribution in [0.3, 0.4) is 0 Å². The van der Waals surface area contributed by atoms with Crippen LogP contribution in [0, 0.1) is 5.92 Å². The highest BCUT2D eigenvalue weighted by Crippen LogP contribution is 2.15. The number of hydrogen-bond acceptors (Lipinski definition) is 2. The third-order valence-electron chi connectivity index (χ3n) is 4.16. The first-order valence-electron chi connectivity index (χ1n) is 7.84. The summed E-state index contributed by atoms with van der Waals surface area (Å²) < 4.78 is 0. The Kier molecular flexibility index (Phi) is 6.52. The number of carbonyl (C=O) groups is 1. The largest absolute Gasteiger partial charge is 0.352 e. The van der Waals surface area contributed by atoms with Gasteiger partial charge in [-0.05, 0) is 62.5 Å². The summed E-state index contributed by atoms with van der Waals surface area (Å²) in [6, 6.07) is 7.49. The first-order valence-corrected chi connectivity index (χ1v) is 8.38. The molecule has 1 aliphatic rings. The Labute approximate surface area is 132 Å². The zero-order valence-corrected chi connectivity index (χ0v) is 13.5.